The first-order chi connectivity index (χ1) is 10.7. The monoisotopic (exact) mass is 441 g/mol. The highest BCUT2D eigenvalue weighted by Crippen LogP contribution is 2.38. The van der Waals surface area contributed by atoms with Crippen molar-refractivity contribution in [2.45, 2.75) is 6.61 Å². The Bertz CT molecular complexity index is 868. The van der Waals surface area contributed by atoms with E-state index in [4.69, 9.17) is 16.3 Å². The third-order valence-corrected chi connectivity index (χ3v) is 5.70. The van der Waals surface area contributed by atoms with Crippen LogP contribution in [0.1, 0.15) is 5.56 Å². The van der Waals surface area contributed by atoms with Gasteiger partial charge in [0.05, 0.1) is 12.6 Å². The fourth-order valence-electron chi connectivity index (χ4n) is 2.55. The van der Waals surface area contributed by atoms with Gasteiger partial charge in [0.25, 0.3) is 0 Å². The van der Waals surface area contributed by atoms with E-state index < -0.39 is 0 Å². The predicted octanol–water partition coefficient (Wildman–Crippen LogP) is 4.95. The van der Waals surface area contributed by atoms with Crippen molar-refractivity contribution in [3.8, 4) is 28.1 Å². The summed E-state index contributed by atoms with van der Waals surface area (Å²) in [5.41, 5.74) is 5.55. The van der Waals surface area contributed by atoms with Crippen LogP contribution in [0.15, 0.2) is 42.7 Å². The molecule has 22 heavy (non-hydrogen) atoms. The van der Waals surface area contributed by atoms with Gasteiger partial charge in [0.1, 0.15) is 11.8 Å². The van der Waals surface area contributed by atoms with Gasteiger partial charge in [0.2, 0.25) is 5.88 Å². The molecule has 1 atom stereocenters. The number of benzene rings is 1. The van der Waals surface area contributed by atoms with E-state index in [1.54, 1.807) is 6.07 Å². The topological polar surface area (TPSA) is 39.9 Å². The van der Waals surface area contributed by atoms with Crippen LogP contribution in [0.4, 0.5) is 0 Å². The van der Waals surface area contributed by atoms with Crippen molar-refractivity contribution in [2.75, 3.05) is 0 Å². The van der Waals surface area contributed by atoms with Crippen LogP contribution in [0.5, 0.6) is 5.88 Å². The molecule has 0 N–H and O–H groups in total. The molecule has 0 radical (unpaired) electrons. The van der Waals surface area contributed by atoms with Gasteiger partial charge < -0.3 is 4.74 Å². The summed E-state index contributed by atoms with van der Waals surface area (Å²) in [6, 6.07) is 10.1. The summed E-state index contributed by atoms with van der Waals surface area (Å²) < 4.78 is 7.67. The molecule has 7 heteroatoms. The van der Waals surface area contributed by atoms with Gasteiger partial charge in [-0.1, -0.05) is 23.7 Å². The third-order valence-electron chi connectivity index (χ3n) is 3.59. The summed E-state index contributed by atoms with van der Waals surface area (Å²) in [6.07, 6.45) is 4.56. The highest BCUT2D eigenvalue weighted by Gasteiger charge is 2.19. The first-order valence-corrected chi connectivity index (χ1v) is 11.0. The highest BCUT2D eigenvalue weighted by atomic mass is 127. The van der Waals surface area contributed by atoms with E-state index in [-0.39, 0.29) is 0 Å². The molecule has 0 aliphatic carbocycles. The largest absolute Gasteiger partial charge is 0.472 e. The fraction of sp³-hybridized carbons (Fsp3) is 0.0667. The molecule has 3 heterocycles. The van der Waals surface area contributed by atoms with Gasteiger partial charge in [-0.25, -0.2) is 9.44 Å². The Kier molecular flexibility index (Phi) is 3.80. The second-order valence-corrected chi connectivity index (χ2v) is 7.37. The van der Waals surface area contributed by atoms with Gasteiger partial charge in [0, 0.05) is 17.3 Å². The van der Waals surface area contributed by atoms with Crippen molar-refractivity contribution in [2.24, 2.45) is 0 Å². The number of hydrogen-bond acceptors (Lipinski definition) is 3. The van der Waals surface area contributed by atoms with Crippen molar-refractivity contribution in [1.29, 1.82) is 0 Å². The quantitative estimate of drug-likeness (QED) is 0.321. The average molecular weight is 442 g/mol. The van der Waals surface area contributed by atoms with Crippen molar-refractivity contribution in [3.63, 3.8) is 0 Å². The molecule has 1 aliphatic heterocycles. The summed E-state index contributed by atoms with van der Waals surface area (Å²) in [4.78, 5) is 4.24. The first-order valence-electron chi connectivity index (χ1n) is 6.59. The Morgan fingerprint density at radius 2 is 2.05 bits per heavy atom. The minimum Gasteiger partial charge on any atom is -0.472 e. The van der Waals surface area contributed by atoms with Crippen LogP contribution in [0.3, 0.4) is 0 Å². The summed E-state index contributed by atoms with van der Waals surface area (Å²) in [7, 11) is 0. The smallest absolute Gasteiger partial charge is 0.223 e. The Balaban J connectivity index is 1.78. The van der Waals surface area contributed by atoms with Gasteiger partial charge in [0.15, 0.2) is 0 Å². The number of halogens is 2. The van der Waals surface area contributed by atoms with E-state index in [9.17, 15) is 0 Å². The molecule has 110 valence electrons. The molecule has 0 fully saturated rings. The number of ether oxygens (including phenoxy) is 1. The first kappa shape index (κ1) is 14.4. The SMILES string of the molecule is Clc1ccc2c(n1)OCc1cc(-c3cnn(PI)c3)ccc1-2. The summed E-state index contributed by atoms with van der Waals surface area (Å²) in [5.74, 6) is 0.603. The molecular weight excluding hydrogens is 432 g/mol. The van der Waals surface area contributed by atoms with Crippen LogP contribution < -0.4 is 4.74 Å². The zero-order chi connectivity index (χ0) is 15.1. The number of fused-ring (bicyclic) bond motifs is 3. The molecule has 0 saturated heterocycles. The Morgan fingerprint density at radius 1 is 1.18 bits per heavy atom. The maximum atomic E-state index is 5.92. The van der Waals surface area contributed by atoms with Crippen LogP contribution in [0.2, 0.25) is 5.15 Å². The zero-order valence-electron chi connectivity index (χ0n) is 11.3. The summed E-state index contributed by atoms with van der Waals surface area (Å²) in [6.45, 7) is 0.506. The van der Waals surface area contributed by atoms with E-state index in [1.807, 2.05) is 16.7 Å². The van der Waals surface area contributed by atoms with Crippen molar-refractivity contribution in [1.82, 2.24) is 14.5 Å². The van der Waals surface area contributed by atoms with Gasteiger partial charge in [-0.15, -0.1) is 0 Å². The van der Waals surface area contributed by atoms with Crippen molar-refractivity contribution >= 4 is 40.0 Å². The molecule has 1 aromatic carbocycles. The molecule has 0 amide bonds. The Hall–Kier alpha value is -1.17. The van der Waals surface area contributed by atoms with Crippen LogP contribution in [0.25, 0.3) is 22.3 Å². The molecule has 0 bridgehead atoms. The molecule has 3 aromatic rings. The summed E-state index contributed by atoms with van der Waals surface area (Å²) >= 11 is 8.24. The molecule has 2 aromatic heterocycles. The lowest BCUT2D eigenvalue weighted by molar-refractivity contribution is 0.290. The predicted molar refractivity (Wildman–Crippen MR) is 98.0 cm³/mol. The number of pyridine rings is 1. The molecule has 1 unspecified atom stereocenters. The molecule has 1 aliphatic rings. The van der Waals surface area contributed by atoms with Crippen molar-refractivity contribution < 1.29 is 4.74 Å². The maximum absolute atomic E-state index is 5.92. The van der Waals surface area contributed by atoms with E-state index in [1.165, 1.54) is 0 Å². The van der Waals surface area contributed by atoms with Crippen LogP contribution >= 0.6 is 40.0 Å². The van der Waals surface area contributed by atoms with Crippen LogP contribution in [-0.2, 0) is 6.61 Å². The van der Waals surface area contributed by atoms with Crippen molar-refractivity contribution in [3.05, 3.63) is 53.4 Å². The fourth-order valence-corrected chi connectivity index (χ4v) is 3.77. The van der Waals surface area contributed by atoms with Gasteiger partial charge in [-0.2, -0.15) is 5.10 Å². The number of nitrogens with zero attached hydrogens (tertiary/aromatic N) is 3. The lowest BCUT2D eigenvalue weighted by atomic mass is 9.95. The van der Waals surface area contributed by atoms with Gasteiger partial charge in [-0.3, -0.25) is 0 Å². The number of aromatic nitrogens is 3. The maximum Gasteiger partial charge on any atom is 0.223 e. The molecule has 0 saturated carbocycles. The normalized spacial score (nSPS) is 13.0. The van der Waals surface area contributed by atoms with E-state index >= 15 is 0 Å². The van der Waals surface area contributed by atoms with Gasteiger partial charge >= 0.3 is 0 Å². The second-order valence-electron chi connectivity index (χ2n) is 4.91. The van der Waals surface area contributed by atoms with E-state index in [2.05, 4.69) is 56.5 Å². The molecular formula is C15H10ClIN3OP. The summed E-state index contributed by atoms with van der Waals surface area (Å²) in [5, 5.41) is 4.78. The zero-order valence-corrected chi connectivity index (χ0v) is 15.2. The molecule has 0 spiro atoms. The molecule has 4 nitrogen and oxygen atoms in total. The van der Waals surface area contributed by atoms with Gasteiger partial charge in [-0.05, 0) is 56.9 Å². The number of rotatable bonds is 2. The lowest BCUT2D eigenvalue weighted by Gasteiger charge is -2.20. The highest BCUT2D eigenvalue weighted by molar-refractivity contribution is 14.2. The second kappa shape index (κ2) is 5.80. The number of hydrogen-bond donors (Lipinski definition) is 0. The minimum absolute atomic E-state index is 0.450. The standard InChI is InChI=1S/C15H10ClIN3OP/c16-14-4-3-13-12-2-1-9(11-6-18-20(7-11)22-17)5-10(12)8-21-15(13)19-14/h1-7,22H,8H2. The van der Waals surface area contributed by atoms with E-state index in [0.717, 1.165) is 27.8 Å². The molecule has 4 rings (SSSR count). The van der Waals surface area contributed by atoms with E-state index in [0.29, 0.717) is 24.0 Å². The minimum atomic E-state index is 0.450. The Morgan fingerprint density at radius 3 is 2.86 bits per heavy atom. The van der Waals surface area contributed by atoms with Crippen LogP contribution in [-0.4, -0.2) is 14.5 Å². The third kappa shape index (κ3) is 2.51. The Labute approximate surface area is 147 Å². The average Bonchev–Trinajstić information content (AvgIpc) is 3.03. The lowest BCUT2D eigenvalue weighted by Crippen LogP contribution is -2.07. The van der Waals surface area contributed by atoms with Crippen LogP contribution in [0, 0.1) is 0 Å².